The summed E-state index contributed by atoms with van der Waals surface area (Å²) in [5, 5.41) is 5.07. The van der Waals surface area contributed by atoms with Crippen molar-refractivity contribution in [2.75, 3.05) is 5.75 Å². The number of thioether (sulfide) groups is 1. The predicted octanol–water partition coefficient (Wildman–Crippen LogP) is 2.00. The molecule has 1 heterocycles. The van der Waals surface area contributed by atoms with Crippen LogP contribution in [0.4, 0.5) is 0 Å². The van der Waals surface area contributed by atoms with Gasteiger partial charge in [0.1, 0.15) is 5.41 Å². The van der Waals surface area contributed by atoms with Crippen molar-refractivity contribution in [1.29, 1.82) is 0 Å². The Kier molecular flexibility index (Phi) is 6.00. The summed E-state index contributed by atoms with van der Waals surface area (Å²) in [4.78, 5) is 24.6. The first-order valence-corrected chi connectivity index (χ1v) is 7.84. The van der Waals surface area contributed by atoms with Gasteiger partial charge in [-0.25, -0.2) is 0 Å². The molecule has 0 aromatic heterocycles. The number of nitrogens with one attached hydrogen (secondary N) is 2. The van der Waals surface area contributed by atoms with Gasteiger partial charge in [-0.3, -0.25) is 9.59 Å². The maximum absolute atomic E-state index is 12.3. The second-order valence-corrected chi connectivity index (χ2v) is 6.43. The third-order valence-corrected chi connectivity index (χ3v) is 4.92. The van der Waals surface area contributed by atoms with Crippen LogP contribution in [0.5, 0.6) is 0 Å². The van der Waals surface area contributed by atoms with Gasteiger partial charge in [0.2, 0.25) is 11.8 Å². The van der Waals surface area contributed by atoms with E-state index < -0.39 is 5.41 Å². The van der Waals surface area contributed by atoms with Crippen molar-refractivity contribution in [1.82, 2.24) is 10.6 Å². The van der Waals surface area contributed by atoms with E-state index >= 15 is 0 Å². The molecule has 0 bridgehead atoms. The number of unbranched alkanes of at least 4 members (excludes halogenated alkanes) is 1. The Bertz CT molecular complexity index is 376. The zero-order valence-electron chi connectivity index (χ0n) is 11.3. The molecule has 1 aliphatic rings. The third kappa shape index (κ3) is 3.36. The first-order valence-electron chi connectivity index (χ1n) is 6.38. The molecule has 2 amide bonds. The van der Waals surface area contributed by atoms with Crippen molar-refractivity contribution in [3.63, 3.8) is 0 Å². The topological polar surface area (TPSA) is 58.2 Å². The molecular weight excluding hydrogens is 280 g/mol. The van der Waals surface area contributed by atoms with Crippen molar-refractivity contribution in [3.8, 4) is 0 Å². The maximum atomic E-state index is 12.3. The number of allylic oxidation sites excluding steroid dienone is 1. The normalized spacial score (nSPS) is 19.6. The van der Waals surface area contributed by atoms with E-state index in [0.29, 0.717) is 6.42 Å². The quantitative estimate of drug-likeness (QED) is 0.327. The van der Waals surface area contributed by atoms with Gasteiger partial charge in [-0.1, -0.05) is 26.3 Å². The lowest BCUT2D eigenvalue weighted by Crippen LogP contribution is -2.65. The smallest absolute Gasteiger partial charge is 0.243 e. The van der Waals surface area contributed by atoms with E-state index in [1.54, 1.807) is 17.8 Å². The minimum Gasteiger partial charge on any atom is -0.302 e. The van der Waals surface area contributed by atoms with Gasteiger partial charge in [0, 0.05) is 5.25 Å². The molecule has 0 aliphatic carbocycles. The molecule has 4 nitrogen and oxygen atoms in total. The van der Waals surface area contributed by atoms with E-state index in [9.17, 15) is 9.59 Å². The lowest BCUT2D eigenvalue weighted by Gasteiger charge is -2.38. The first kappa shape index (κ1) is 16.2. The van der Waals surface area contributed by atoms with Crippen LogP contribution >= 0.6 is 24.0 Å². The summed E-state index contributed by atoms with van der Waals surface area (Å²) in [7, 11) is 0. The van der Waals surface area contributed by atoms with Crippen LogP contribution in [-0.4, -0.2) is 27.9 Å². The van der Waals surface area contributed by atoms with Crippen LogP contribution in [-0.2, 0) is 9.59 Å². The number of carbonyl (C=O) groups excluding carboxylic acids is 2. The zero-order valence-corrected chi connectivity index (χ0v) is 13.0. The molecule has 0 aromatic rings. The molecule has 1 rings (SSSR count). The van der Waals surface area contributed by atoms with Crippen LogP contribution in [0.2, 0.25) is 0 Å². The SMILES string of the molecule is C=CCC1(C(C)SCCCC)C(=O)NC(=S)NC1=O. The summed E-state index contributed by atoms with van der Waals surface area (Å²) in [6.07, 6.45) is 4.09. The van der Waals surface area contributed by atoms with Crippen molar-refractivity contribution >= 4 is 40.9 Å². The molecule has 1 saturated heterocycles. The van der Waals surface area contributed by atoms with Crippen molar-refractivity contribution in [3.05, 3.63) is 12.7 Å². The molecule has 2 N–H and O–H groups in total. The number of rotatable bonds is 7. The van der Waals surface area contributed by atoms with Crippen LogP contribution in [0.15, 0.2) is 12.7 Å². The van der Waals surface area contributed by atoms with Crippen molar-refractivity contribution in [2.24, 2.45) is 5.41 Å². The molecule has 1 fully saturated rings. The van der Waals surface area contributed by atoms with E-state index in [1.807, 2.05) is 6.92 Å². The molecule has 19 heavy (non-hydrogen) atoms. The van der Waals surface area contributed by atoms with Crippen LogP contribution in [0.1, 0.15) is 33.1 Å². The van der Waals surface area contributed by atoms with Crippen LogP contribution < -0.4 is 10.6 Å². The summed E-state index contributed by atoms with van der Waals surface area (Å²) < 4.78 is 0. The van der Waals surface area contributed by atoms with E-state index in [0.717, 1.165) is 18.6 Å². The van der Waals surface area contributed by atoms with Gasteiger partial charge in [0.25, 0.3) is 0 Å². The fraction of sp³-hybridized carbons (Fsp3) is 0.615. The van der Waals surface area contributed by atoms with E-state index in [-0.39, 0.29) is 22.2 Å². The number of hydrogen-bond donors (Lipinski definition) is 2. The Balaban J connectivity index is 2.94. The highest BCUT2D eigenvalue weighted by Crippen LogP contribution is 2.37. The average Bonchev–Trinajstić information content (AvgIpc) is 2.34. The Morgan fingerprint density at radius 3 is 2.47 bits per heavy atom. The van der Waals surface area contributed by atoms with Gasteiger partial charge in [-0.2, -0.15) is 11.8 Å². The lowest BCUT2D eigenvalue weighted by molar-refractivity contribution is -0.143. The molecule has 106 valence electrons. The fourth-order valence-electron chi connectivity index (χ4n) is 2.06. The molecule has 0 spiro atoms. The number of carbonyl (C=O) groups is 2. The standard InChI is InChI=1S/C13H20N2O2S2/c1-4-6-8-19-9(3)13(7-5-2)10(16)14-12(18)15-11(13)17/h5,9H,2,4,6-8H2,1,3H3,(H2,14,15,16,17,18). The Morgan fingerprint density at radius 2 is 2.00 bits per heavy atom. The predicted molar refractivity (Wildman–Crippen MR) is 83.0 cm³/mol. The average molecular weight is 300 g/mol. The second-order valence-electron chi connectivity index (χ2n) is 4.57. The first-order chi connectivity index (χ1) is 8.98. The Labute approximate surface area is 123 Å². The molecule has 0 saturated carbocycles. The zero-order chi connectivity index (χ0) is 14.5. The van der Waals surface area contributed by atoms with Gasteiger partial charge in [0.15, 0.2) is 5.11 Å². The van der Waals surface area contributed by atoms with Gasteiger partial charge in [-0.15, -0.1) is 6.58 Å². The molecule has 1 unspecified atom stereocenters. The van der Waals surface area contributed by atoms with Crippen LogP contribution in [0.25, 0.3) is 0 Å². The number of amides is 2. The van der Waals surface area contributed by atoms with E-state index in [2.05, 4.69) is 24.1 Å². The summed E-state index contributed by atoms with van der Waals surface area (Å²) in [5.74, 6) is 0.289. The summed E-state index contributed by atoms with van der Waals surface area (Å²) in [5.41, 5.74) is -1.11. The molecule has 1 aliphatic heterocycles. The minimum absolute atomic E-state index is 0.0837. The minimum atomic E-state index is -1.11. The van der Waals surface area contributed by atoms with Gasteiger partial charge >= 0.3 is 0 Å². The highest BCUT2D eigenvalue weighted by Gasteiger charge is 2.52. The van der Waals surface area contributed by atoms with Crippen LogP contribution in [0.3, 0.4) is 0 Å². The van der Waals surface area contributed by atoms with Crippen LogP contribution in [0, 0.1) is 5.41 Å². The van der Waals surface area contributed by atoms with Crippen molar-refractivity contribution < 1.29 is 9.59 Å². The largest absolute Gasteiger partial charge is 0.302 e. The summed E-state index contributed by atoms with van der Waals surface area (Å²) >= 11 is 6.49. The highest BCUT2D eigenvalue weighted by molar-refractivity contribution is 8.00. The lowest BCUT2D eigenvalue weighted by atomic mass is 9.78. The third-order valence-electron chi connectivity index (χ3n) is 3.29. The molecular formula is C13H20N2O2S2. The molecule has 1 atom stereocenters. The summed E-state index contributed by atoms with van der Waals surface area (Å²) in [6, 6.07) is 0. The molecule has 0 aromatic carbocycles. The van der Waals surface area contributed by atoms with Gasteiger partial charge < -0.3 is 10.6 Å². The second kappa shape index (κ2) is 7.05. The van der Waals surface area contributed by atoms with E-state index in [4.69, 9.17) is 12.2 Å². The van der Waals surface area contributed by atoms with E-state index in [1.165, 1.54) is 0 Å². The number of hydrogen-bond acceptors (Lipinski definition) is 4. The summed E-state index contributed by atoms with van der Waals surface area (Å²) in [6.45, 7) is 7.69. The van der Waals surface area contributed by atoms with Gasteiger partial charge in [-0.05, 0) is 30.8 Å². The van der Waals surface area contributed by atoms with Crippen molar-refractivity contribution in [2.45, 2.75) is 38.4 Å². The fourth-order valence-corrected chi connectivity index (χ4v) is 3.65. The van der Waals surface area contributed by atoms with Gasteiger partial charge in [0.05, 0.1) is 0 Å². The monoisotopic (exact) mass is 300 g/mol. The number of thiocarbonyl (C=S) groups is 1. The Morgan fingerprint density at radius 1 is 1.42 bits per heavy atom. The molecule has 6 heteroatoms. The maximum Gasteiger partial charge on any atom is 0.243 e. The Hall–Kier alpha value is -0.880. The highest BCUT2D eigenvalue weighted by atomic mass is 32.2. The molecule has 0 radical (unpaired) electrons.